The maximum atomic E-state index is 13.1. The van der Waals surface area contributed by atoms with Crippen LogP contribution in [0.1, 0.15) is 23.0 Å². The highest BCUT2D eigenvalue weighted by atomic mass is 32.2. The van der Waals surface area contributed by atoms with Gasteiger partial charge in [-0.3, -0.25) is 0 Å². The fraction of sp³-hybridized carbons (Fsp3) is 0.129. The van der Waals surface area contributed by atoms with Crippen LogP contribution < -0.4 is 14.8 Å². The fourth-order valence-electron chi connectivity index (χ4n) is 4.56. The van der Waals surface area contributed by atoms with Crippen molar-refractivity contribution in [2.24, 2.45) is 0 Å². The van der Waals surface area contributed by atoms with E-state index in [1.54, 1.807) is 56.9 Å². The van der Waals surface area contributed by atoms with E-state index in [9.17, 15) is 13.2 Å². The van der Waals surface area contributed by atoms with E-state index in [-0.39, 0.29) is 4.90 Å². The minimum atomic E-state index is -4.08. The van der Waals surface area contributed by atoms with E-state index in [4.69, 9.17) is 4.74 Å². The zero-order valence-electron chi connectivity index (χ0n) is 22.6. The predicted molar refractivity (Wildman–Crippen MR) is 156 cm³/mol. The summed E-state index contributed by atoms with van der Waals surface area (Å²) in [6.45, 7) is 1.68. The molecule has 208 valence electrons. The molecule has 0 fully saturated rings. The number of urea groups is 1. The highest BCUT2D eigenvalue weighted by Crippen LogP contribution is 2.25. The summed E-state index contributed by atoms with van der Waals surface area (Å²) in [4.78, 5) is 22.0. The molecule has 9 nitrogen and oxygen atoms in total. The van der Waals surface area contributed by atoms with Crippen LogP contribution >= 0.6 is 0 Å². The Morgan fingerprint density at radius 1 is 0.902 bits per heavy atom. The van der Waals surface area contributed by atoms with Crippen molar-refractivity contribution in [3.05, 3.63) is 127 Å². The van der Waals surface area contributed by atoms with Gasteiger partial charge in [-0.25, -0.2) is 27.9 Å². The summed E-state index contributed by atoms with van der Waals surface area (Å²) >= 11 is 0. The number of carbonyl (C=O) groups is 1. The standard InChI is InChI=1S/C31H29N5O4S/c1-22-8-6-7-11-28(22)41(38,39)35-31(37)34-27(20-23-9-4-3-5-10-23)30-32-18-19-36(30)26-15-12-24(13-16-26)25-14-17-29(40-2)33-21-25/h3-19,21,27H,20H2,1-2H3,(H2,34,35,37)/t27-/m0/s1. The number of benzene rings is 3. The Morgan fingerprint density at radius 2 is 1.61 bits per heavy atom. The van der Waals surface area contributed by atoms with Gasteiger partial charge in [-0.05, 0) is 54.3 Å². The first-order valence-electron chi connectivity index (χ1n) is 12.9. The van der Waals surface area contributed by atoms with Gasteiger partial charge in [0.1, 0.15) is 5.82 Å². The summed E-state index contributed by atoms with van der Waals surface area (Å²) in [5.41, 5.74) is 4.24. The molecule has 41 heavy (non-hydrogen) atoms. The second kappa shape index (κ2) is 12.1. The van der Waals surface area contributed by atoms with Crippen molar-refractivity contribution in [2.75, 3.05) is 7.11 Å². The van der Waals surface area contributed by atoms with Gasteiger partial charge >= 0.3 is 6.03 Å². The molecule has 3 aromatic carbocycles. The molecule has 0 saturated carbocycles. The zero-order valence-corrected chi connectivity index (χ0v) is 23.4. The Balaban J connectivity index is 1.41. The fourth-order valence-corrected chi connectivity index (χ4v) is 5.72. The number of methoxy groups -OCH3 is 1. The van der Waals surface area contributed by atoms with Crippen LogP contribution in [0.5, 0.6) is 5.88 Å². The minimum absolute atomic E-state index is 0.0448. The summed E-state index contributed by atoms with van der Waals surface area (Å²) in [6.07, 6.45) is 5.60. The Labute approximate surface area is 238 Å². The van der Waals surface area contributed by atoms with Crippen molar-refractivity contribution >= 4 is 16.1 Å². The van der Waals surface area contributed by atoms with Crippen molar-refractivity contribution in [1.29, 1.82) is 0 Å². The topological polar surface area (TPSA) is 115 Å². The van der Waals surface area contributed by atoms with E-state index >= 15 is 0 Å². The van der Waals surface area contributed by atoms with Crippen LogP contribution in [0.3, 0.4) is 0 Å². The van der Waals surface area contributed by atoms with E-state index in [0.717, 1.165) is 22.4 Å². The molecule has 2 amide bonds. The number of imidazole rings is 1. The van der Waals surface area contributed by atoms with E-state index < -0.39 is 22.1 Å². The van der Waals surface area contributed by atoms with Gasteiger partial charge in [0, 0.05) is 35.9 Å². The molecule has 0 bridgehead atoms. The number of sulfonamides is 1. The van der Waals surface area contributed by atoms with Gasteiger partial charge in [-0.1, -0.05) is 60.7 Å². The molecule has 0 radical (unpaired) electrons. The van der Waals surface area contributed by atoms with E-state index in [0.29, 0.717) is 23.7 Å². The third-order valence-corrected chi connectivity index (χ3v) is 8.09. The monoisotopic (exact) mass is 567 g/mol. The van der Waals surface area contributed by atoms with Crippen molar-refractivity contribution in [1.82, 2.24) is 24.6 Å². The number of aryl methyl sites for hydroxylation is 1. The number of ether oxygens (including phenoxy) is 1. The molecule has 5 aromatic rings. The lowest BCUT2D eigenvalue weighted by Gasteiger charge is -2.21. The van der Waals surface area contributed by atoms with Crippen molar-refractivity contribution in [3.8, 4) is 22.7 Å². The number of nitrogens with one attached hydrogen (secondary N) is 2. The average Bonchev–Trinajstić information content (AvgIpc) is 3.47. The molecule has 0 saturated heterocycles. The van der Waals surface area contributed by atoms with E-state index in [1.807, 2.05) is 65.2 Å². The van der Waals surface area contributed by atoms with Crippen LogP contribution in [0.15, 0.2) is 114 Å². The number of hydrogen-bond acceptors (Lipinski definition) is 6. The van der Waals surface area contributed by atoms with E-state index in [2.05, 4.69) is 20.0 Å². The molecular weight excluding hydrogens is 538 g/mol. The Kier molecular flexibility index (Phi) is 8.11. The molecule has 1 atom stereocenters. The predicted octanol–water partition coefficient (Wildman–Crippen LogP) is 5.22. The lowest BCUT2D eigenvalue weighted by atomic mass is 10.0. The maximum Gasteiger partial charge on any atom is 0.329 e. The van der Waals surface area contributed by atoms with Crippen molar-refractivity contribution in [2.45, 2.75) is 24.3 Å². The molecule has 0 spiro atoms. The van der Waals surface area contributed by atoms with Crippen LogP contribution in [0.2, 0.25) is 0 Å². The Hall–Kier alpha value is -4.96. The molecule has 10 heteroatoms. The summed E-state index contributed by atoms with van der Waals surface area (Å²) in [6, 6.07) is 26.2. The summed E-state index contributed by atoms with van der Waals surface area (Å²) < 4.78 is 35.1. The van der Waals surface area contributed by atoms with Crippen molar-refractivity contribution < 1.29 is 17.9 Å². The summed E-state index contributed by atoms with van der Waals surface area (Å²) in [5, 5.41) is 2.84. The second-order valence-electron chi connectivity index (χ2n) is 9.38. The maximum absolute atomic E-state index is 13.1. The van der Waals surface area contributed by atoms with Gasteiger partial charge in [-0.15, -0.1) is 0 Å². The molecule has 0 aliphatic rings. The Bertz CT molecular complexity index is 1740. The number of hydrogen-bond donors (Lipinski definition) is 2. The molecule has 2 heterocycles. The lowest BCUT2D eigenvalue weighted by Crippen LogP contribution is -2.42. The van der Waals surface area contributed by atoms with Crippen LogP contribution in [0.4, 0.5) is 4.79 Å². The minimum Gasteiger partial charge on any atom is -0.481 e. The van der Waals surface area contributed by atoms with Gasteiger partial charge in [0.2, 0.25) is 5.88 Å². The van der Waals surface area contributed by atoms with Crippen LogP contribution in [-0.4, -0.2) is 36.1 Å². The lowest BCUT2D eigenvalue weighted by molar-refractivity contribution is 0.241. The number of rotatable bonds is 9. The first-order chi connectivity index (χ1) is 19.8. The quantitative estimate of drug-likeness (QED) is 0.252. The third kappa shape index (κ3) is 6.44. The molecule has 0 aliphatic carbocycles. The van der Waals surface area contributed by atoms with Gasteiger partial charge in [0.15, 0.2) is 0 Å². The molecular formula is C31H29N5O4S. The Morgan fingerprint density at radius 3 is 2.29 bits per heavy atom. The SMILES string of the molecule is COc1ccc(-c2ccc(-n3ccnc3[C@H](Cc3ccccc3)NC(=O)NS(=O)(=O)c3ccccc3C)cc2)cn1. The molecule has 5 rings (SSSR count). The second-order valence-corrected chi connectivity index (χ2v) is 11.0. The number of nitrogens with zero attached hydrogens (tertiary/aromatic N) is 3. The van der Waals surface area contributed by atoms with Gasteiger partial charge < -0.3 is 14.6 Å². The average molecular weight is 568 g/mol. The van der Waals surface area contributed by atoms with Crippen LogP contribution in [0.25, 0.3) is 16.8 Å². The molecule has 2 N–H and O–H groups in total. The van der Waals surface area contributed by atoms with Gasteiger partial charge in [-0.2, -0.15) is 0 Å². The number of aromatic nitrogens is 3. The number of carbonyl (C=O) groups excluding carboxylic acids is 1. The first kappa shape index (κ1) is 27.6. The number of amides is 2. The van der Waals surface area contributed by atoms with Gasteiger partial charge in [0.25, 0.3) is 10.0 Å². The van der Waals surface area contributed by atoms with Gasteiger partial charge in [0.05, 0.1) is 18.0 Å². The third-order valence-electron chi connectivity index (χ3n) is 6.60. The highest BCUT2D eigenvalue weighted by Gasteiger charge is 2.25. The summed E-state index contributed by atoms with van der Waals surface area (Å²) in [7, 11) is -2.50. The molecule has 0 aliphatic heterocycles. The first-order valence-corrected chi connectivity index (χ1v) is 14.4. The highest BCUT2D eigenvalue weighted by molar-refractivity contribution is 7.90. The zero-order chi connectivity index (χ0) is 28.8. The smallest absolute Gasteiger partial charge is 0.329 e. The normalized spacial score (nSPS) is 12.0. The van der Waals surface area contributed by atoms with Crippen LogP contribution in [0, 0.1) is 6.92 Å². The summed E-state index contributed by atoms with van der Waals surface area (Å²) in [5.74, 6) is 1.09. The molecule has 0 unspecified atom stereocenters. The van der Waals surface area contributed by atoms with Crippen molar-refractivity contribution in [3.63, 3.8) is 0 Å². The van der Waals surface area contributed by atoms with E-state index in [1.165, 1.54) is 6.07 Å². The molecule has 2 aromatic heterocycles. The van der Waals surface area contributed by atoms with Crippen LogP contribution in [-0.2, 0) is 16.4 Å². The number of pyridine rings is 1. The largest absolute Gasteiger partial charge is 0.481 e.